The quantitative estimate of drug-likeness (QED) is 0.863. The first-order chi connectivity index (χ1) is 14.0. The molecule has 0 saturated heterocycles. The van der Waals surface area contributed by atoms with Crippen LogP contribution in [0.25, 0.3) is 17.7 Å². The Labute approximate surface area is 168 Å². The van der Waals surface area contributed by atoms with Crippen molar-refractivity contribution in [3.05, 3.63) is 63.3 Å². The molecule has 0 radical (unpaired) electrons. The van der Waals surface area contributed by atoms with Gasteiger partial charge in [0, 0.05) is 11.1 Å². The SMILES string of the molecule is CCOc1ccccc1C=C1CCCc2c1nc1n(c2=O)C2CC2(C(=O)O)C=C1. The minimum absolute atomic E-state index is 0.0915. The van der Waals surface area contributed by atoms with Crippen molar-refractivity contribution in [1.82, 2.24) is 9.55 Å². The lowest BCUT2D eigenvalue weighted by molar-refractivity contribution is -0.141. The highest BCUT2D eigenvalue weighted by Crippen LogP contribution is 2.59. The fraction of sp³-hybridized carbons (Fsp3) is 0.348. The molecule has 0 amide bonds. The Morgan fingerprint density at radius 3 is 3.00 bits per heavy atom. The fourth-order valence-electron chi connectivity index (χ4n) is 4.57. The third-order valence-electron chi connectivity index (χ3n) is 6.17. The molecule has 6 nitrogen and oxygen atoms in total. The number of hydrogen-bond acceptors (Lipinski definition) is 4. The zero-order valence-corrected chi connectivity index (χ0v) is 16.2. The second-order valence-corrected chi connectivity index (χ2v) is 7.87. The van der Waals surface area contributed by atoms with E-state index in [0.29, 0.717) is 30.8 Å². The number of ether oxygens (including phenoxy) is 1. The molecule has 1 N–H and O–H groups in total. The molecule has 1 fully saturated rings. The Morgan fingerprint density at radius 2 is 2.21 bits per heavy atom. The topological polar surface area (TPSA) is 81.4 Å². The van der Waals surface area contributed by atoms with Crippen LogP contribution < -0.4 is 10.3 Å². The highest BCUT2D eigenvalue weighted by atomic mass is 16.5. The van der Waals surface area contributed by atoms with Crippen molar-refractivity contribution in [3.8, 4) is 5.75 Å². The van der Waals surface area contributed by atoms with Gasteiger partial charge in [0.1, 0.15) is 17.0 Å². The number of para-hydroxylation sites is 1. The van der Waals surface area contributed by atoms with Crippen LogP contribution in [0.5, 0.6) is 5.75 Å². The van der Waals surface area contributed by atoms with E-state index in [9.17, 15) is 14.7 Å². The Bertz CT molecular complexity index is 1140. The molecule has 29 heavy (non-hydrogen) atoms. The van der Waals surface area contributed by atoms with Gasteiger partial charge in [0.05, 0.1) is 18.3 Å². The van der Waals surface area contributed by atoms with Gasteiger partial charge in [0.15, 0.2) is 0 Å². The number of carboxylic acid groups (broad SMARTS) is 1. The van der Waals surface area contributed by atoms with E-state index in [1.807, 2.05) is 31.2 Å². The maximum absolute atomic E-state index is 13.3. The number of fused-ring (bicyclic) bond motifs is 4. The molecule has 3 aliphatic rings. The van der Waals surface area contributed by atoms with Crippen LogP contribution in [0.1, 0.15) is 54.9 Å². The van der Waals surface area contributed by atoms with E-state index in [2.05, 4.69) is 6.08 Å². The number of hydrogen-bond donors (Lipinski definition) is 1. The van der Waals surface area contributed by atoms with Crippen LogP contribution in [0, 0.1) is 5.41 Å². The number of rotatable bonds is 4. The summed E-state index contributed by atoms with van der Waals surface area (Å²) < 4.78 is 7.34. The molecule has 2 aromatic rings. The molecule has 2 atom stereocenters. The maximum Gasteiger partial charge on any atom is 0.315 e. The first-order valence-electron chi connectivity index (χ1n) is 10.1. The van der Waals surface area contributed by atoms with E-state index < -0.39 is 11.4 Å². The number of nitrogens with zero attached hydrogens (tertiary/aromatic N) is 2. The average molecular weight is 390 g/mol. The van der Waals surface area contributed by atoms with Gasteiger partial charge in [-0.2, -0.15) is 0 Å². The Morgan fingerprint density at radius 1 is 1.38 bits per heavy atom. The molecule has 0 bridgehead atoms. The smallest absolute Gasteiger partial charge is 0.315 e. The monoisotopic (exact) mass is 390 g/mol. The number of benzene rings is 1. The molecule has 1 aromatic carbocycles. The van der Waals surface area contributed by atoms with Gasteiger partial charge in [0.2, 0.25) is 0 Å². The summed E-state index contributed by atoms with van der Waals surface area (Å²) in [5, 5.41) is 9.56. The van der Waals surface area contributed by atoms with Crippen LogP contribution >= 0.6 is 0 Å². The van der Waals surface area contributed by atoms with Crippen LogP contribution in [0.15, 0.2) is 35.1 Å². The van der Waals surface area contributed by atoms with E-state index in [0.717, 1.165) is 35.4 Å². The van der Waals surface area contributed by atoms with Crippen molar-refractivity contribution in [3.63, 3.8) is 0 Å². The van der Waals surface area contributed by atoms with E-state index in [1.54, 1.807) is 16.7 Å². The van der Waals surface area contributed by atoms with Gasteiger partial charge in [-0.1, -0.05) is 24.3 Å². The zero-order valence-electron chi connectivity index (χ0n) is 16.2. The van der Waals surface area contributed by atoms with Crippen molar-refractivity contribution in [2.45, 2.75) is 38.6 Å². The minimum Gasteiger partial charge on any atom is -0.493 e. The highest BCUT2D eigenvalue weighted by molar-refractivity contribution is 5.86. The van der Waals surface area contributed by atoms with Gasteiger partial charge < -0.3 is 9.84 Å². The number of aliphatic carboxylic acids is 1. The molecule has 0 spiro atoms. The molecule has 1 aromatic heterocycles. The highest BCUT2D eigenvalue weighted by Gasteiger charge is 2.62. The van der Waals surface area contributed by atoms with Crippen LogP contribution in [-0.4, -0.2) is 27.2 Å². The summed E-state index contributed by atoms with van der Waals surface area (Å²) in [4.78, 5) is 29.7. The zero-order chi connectivity index (χ0) is 20.2. The van der Waals surface area contributed by atoms with Crippen molar-refractivity contribution >= 4 is 23.7 Å². The first kappa shape index (κ1) is 17.9. The standard InChI is InChI=1S/C23H22N2O4/c1-2-29-17-9-4-3-6-14(17)12-15-7-5-8-16-20(15)24-19-10-11-23(22(27)28)13-18(23)25(19)21(16)26/h3-4,6,9-12,18H,2,5,7-8,13H2,1H3,(H,27,28). The van der Waals surface area contributed by atoms with Crippen molar-refractivity contribution in [2.75, 3.05) is 6.61 Å². The molecule has 2 aliphatic carbocycles. The van der Waals surface area contributed by atoms with Crippen molar-refractivity contribution < 1.29 is 14.6 Å². The van der Waals surface area contributed by atoms with Crippen LogP contribution in [-0.2, 0) is 11.2 Å². The number of allylic oxidation sites excluding steroid dienone is 1. The fourth-order valence-corrected chi connectivity index (χ4v) is 4.57. The Kier molecular flexibility index (Phi) is 3.98. The third kappa shape index (κ3) is 2.66. The molecule has 6 heteroatoms. The van der Waals surface area contributed by atoms with Crippen molar-refractivity contribution in [2.24, 2.45) is 5.41 Å². The van der Waals surface area contributed by atoms with E-state index >= 15 is 0 Å². The molecule has 5 rings (SSSR count). The Hall–Kier alpha value is -3.15. The number of carbonyl (C=O) groups is 1. The molecule has 2 unspecified atom stereocenters. The average Bonchev–Trinajstić information content (AvgIpc) is 3.47. The van der Waals surface area contributed by atoms with Crippen LogP contribution in [0.2, 0.25) is 0 Å². The second kappa shape index (κ2) is 6.44. The Balaban J connectivity index is 1.63. The van der Waals surface area contributed by atoms with Gasteiger partial charge in [-0.25, -0.2) is 4.98 Å². The summed E-state index contributed by atoms with van der Waals surface area (Å²) >= 11 is 0. The van der Waals surface area contributed by atoms with E-state index in [-0.39, 0.29) is 11.6 Å². The normalized spacial score (nSPS) is 25.1. The first-order valence-corrected chi connectivity index (χ1v) is 10.1. The summed E-state index contributed by atoms with van der Waals surface area (Å²) in [6, 6.07) is 7.53. The summed E-state index contributed by atoms with van der Waals surface area (Å²) in [5.41, 5.74) is 2.41. The predicted molar refractivity (Wildman–Crippen MR) is 110 cm³/mol. The molecule has 1 aliphatic heterocycles. The molecular formula is C23H22N2O4. The summed E-state index contributed by atoms with van der Waals surface area (Å²) in [7, 11) is 0. The van der Waals surface area contributed by atoms with Gasteiger partial charge in [-0.3, -0.25) is 14.2 Å². The maximum atomic E-state index is 13.3. The van der Waals surface area contributed by atoms with E-state index in [4.69, 9.17) is 9.72 Å². The number of carboxylic acids is 1. The largest absolute Gasteiger partial charge is 0.493 e. The van der Waals surface area contributed by atoms with Crippen LogP contribution in [0.4, 0.5) is 0 Å². The van der Waals surface area contributed by atoms with Gasteiger partial charge in [0.25, 0.3) is 5.56 Å². The third-order valence-corrected chi connectivity index (χ3v) is 6.17. The minimum atomic E-state index is -0.934. The molecule has 2 heterocycles. The van der Waals surface area contributed by atoms with Gasteiger partial charge in [-0.05, 0) is 56.4 Å². The molecule has 1 saturated carbocycles. The van der Waals surface area contributed by atoms with Gasteiger partial charge in [-0.15, -0.1) is 0 Å². The second-order valence-electron chi connectivity index (χ2n) is 7.87. The lowest BCUT2D eigenvalue weighted by atomic mass is 9.90. The van der Waals surface area contributed by atoms with Crippen LogP contribution in [0.3, 0.4) is 0 Å². The van der Waals surface area contributed by atoms with Crippen molar-refractivity contribution in [1.29, 1.82) is 0 Å². The predicted octanol–water partition coefficient (Wildman–Crippen LogP) is 3.56. The van der Waals surface area contributed by atoms with E-state index in [1.165, 1.54) is 0 Å². The lowest BCUT2D eigenvalue weighted by Crippen LogP contribution is -2.33. The lowest BCUT2D eigenvalue weighted by Gasteiger charge is -2.23. The summed E-state index contributed by atoms with van der Waals surface area (Å²) in [5.74, 6) is 0.495. The molecule has 148 valence electrons. The molecular weight excluding hydrogens is 368 g/mol. The number of aromatic nitrogens is 2. The summed E-state index contributed by atoms with van der Waals surface area (Å²) in [6.45, 7) is 2.54. The summed E-state index contributed by atoms with van der Waals surface area (Å²) in [6.07, 6.45) is 8.30. The van der Waals surface area contributed by atoms with Gasteiger partial charge >= 0.3 is 5.97 Å².